The molecule has 2 rings (SSSR count). The zero-order valence-electron chi connectivity index (χ0n) is 12.3. The van der Waals surface area contributed by atoms with Gasteiger partial charge in [-0.2, -0.15) is 0 Å². The van der Waals surface area contributed by atoms with Gasteiger partial charge in [0.2, 0.25) is 0 Å². The molecule has 0 aromatic heterocycles. The molecule has 114 valence electrons. The second-order valence-electron chi connectivity index (χ2n) is 5.90. The number of hydrogen-bond acceptors (Lipinski definition) is 3. The van der Waals surface area contributed by atoms with Crippen LogP contribution in [0.5, 0.6) is 0 Å². The van der Waals surface area contributed by atoms with Crippen molar-refractivity contribution < 1.29 is 14.7 Å². The summed E-state index contributed by atoms with van der Waals surface area (Å²) in [6.45, 7) is 5.47. The third kappa shape index (κ3) is 3.23. The van der Waals surface area contributed by atoms with Crippen molar-refractivity contribution in [2.45, 2.75) is 63.6 Å². The lowest BCUT2D eigenvalue weighted by Crippen LogP contribution is -2.58. The van der Waals surface area contributed by atoms with Crippen LogP contribution in [0.4, 0.5) is 4.79 Å². The first-order chi connectivity index (χ1) is 9.50. The maximum Gasteiger partial charge on any atom is 0.329 e. The average molecular weight is 283 g/mol. The maximum absolute atomic E-state index is 12.0. The normalized spacial score (nSPS) is 23.6. The highest BCUT2D eigenvalue weighted by Crippen LogP contribution is 2.29. The second kappa shape index (κ2) is 5.99. The lowest BCUT2D eigenvalue weighted by atomic mass is 9.93. The van der Waals surface area contributed by atoms with Gasteiger partial charge in [-0.25, -0.2) is 9.59 Å². The van der Waals surface area contributed by atoms with Crippen LogP contribution >= 0.6 is 0 Å². The molecule has 1 saturated heterocycles. The van der Waals surface area contributed by atoms with Crippen LogP contribution in [-0.4, -0.2) is 52.7 Å². The first kappa shape index (κ1) is 15.1. The molecule has 1 atom stereocenters. The topological polar surface area (TPSA) is 81.7 Å². The number of carboxylic acid groups (broad SMARTS) is 1. The van der Waals surface area contributed by atoms with E-state index in [4.69, 9.17) is 0 Å². The molecule has 6 heteroatoms. The highest BCUT2D eigenvalue weighted by atomic mass is 16.4. The fraction of sp³-hybridized carbons (Fsp3) is 0.857. The number of carboxylic acids is 1. The molecule has 0 spiro atoms. The van der Waals surface area contributed by atoms with Gasteiger partial charge in [-0.1, -0.05) is 13.8 Å². The van der Waals surface area contributed by atoms with Crippen molar-refractivity contribution >= 4 is 12.0 Å². The highest BCUT2D eigenvalue weighted by Gasteiger charge is 2.38. The Morgan fingerprint density at radius 3 is 2.40 bits per heavy atom. The smallest absolute Gasteiger partial charge is 0.329 e. The van der Waals surface area contributed by atoms with E-state index < -0.39 is 11.5 Å². The molecule has 1 saturated carbocycles. The Morgan fingerprint density at radius 2 is 1.90 bits per heavy atom. The van der Waals surface area contributed by atoms with Crippen LogP contribution in [0.1, 0.15) is 46.0 Å². The monoisotopic (exact) mass is 283 g/mol. The minimum Gasteiger partial charge on any atom is -0.480 e. The summed E-state index contributed by atoms with van der Waals surface area (Å²) >= 11 is 0. The number of carbonyl (C=O) groups excluding carboxylic acids is 1. The maximum atomic E-state index is 12.0. The third-order valence-electron chi connectivity index (χ3n) is 4.59. The number of carbonyl (C=O) groups is 2. The second-order valence-corrected chi connectivity index (χ2v) is 5.90. The Balaban J connectivity index is 1.83. The van der Waals surface area contributed by atoms with E-state index in [9.17, 15) is 14.7 Å². The molecule has 1 unspecified atom stereocenters. The summed E-state index contributed by atoms with van der Waals surface area (Å²) in [6, 6.07) is 0.490. The standard InChI is InChI=1S/C14H25N3O3/c1-3-14(4-2,12(18)19)16-13(20)15-10-7-8-17(9-10)11-5-6-11/h10-11H,3-9H2,1-2H3,(H,18,19)(H2,15,16,20). The molecular weight excluding hydrogens is 258 g/mol. The number of urea groups is 1. The first-order valence-corrected chi connectivity index (χ1v) is 7.57. The lowest BCUT2D eigenvalue weighted by molar-refractivity contribution is -0.144. The summed E-state index contributed by atoms with van der Waals surface area (Å²) in [6.07, 6.45) is 4.25. The Kier molecular flexibility index (Phi) is 4.52. The molecule has 0 radical (unpaired) electrons. The number of amides is 2. The van der Waals surface area contributed by atoms with E-state index in [0.29, 0.717) is 18.9 Å². The third-order valence-corrected chi connectivity index (χ3v) is 4.59. The van der Waals surface area contributed by atoms with E-state index in [1.807, 2.05) is 0 Å². The van der Waals surface area contributed by atoms with Gasteiger partial charge in [0.05, 0.1) is 0 Å². The molecule has 20 heavy (non-hydrogen) atoms. The fourth-order valence-corrected chi connectivity index (χ4v) is 2.90. The molecule has 0 aromatic carbocycles. The van der Waals surface area contributed by atoms with Crippen LogP contribution in [-0.2, 0) is 4.79 Å². The van der Waals surface area contributed by atoms with Crippen LogP contribution in [0.15, 0.2) is 0 Å². The molecule has 6 nitrogen and oxygen atoms in total. The Morgan fingerprint density at radius 1 is 1.25 bits per heavy atom. The zero-order valence-corrected chi connectivity index (χ0v) is 12.3. The van der Waals surface area contributed by atoms with Gasteiger partial charge < -0.3 is 15.7 Å². The van der Waals surface area contributed by atoms with Crippen molar-refractivity contribution in [1.82, 2.24) is 15.5 Å². The van der Waals surface area contributed by atoms with Crippen LogP contribution in [0.3, 0.4) is 0 Å². The number of likely N-dealkylation sites (tertiary alicyclic amines) is 1. The Bertz CT molecular complexity index is 378. The van der Waals surface area contributed by atoms with E-state index in [1.54, 1.807) is 13.8 Å². The van der Waals surface area contributed by atoms with E-state index in [-0.39, 0.29) is 12.1 Å². The van der Waals surface area contributed by atoms with Crippen LogP contribution in [0.2, 0.25) is 0 Å². The van der Waals surface area contributed by atoms with Gasteiger partial charge in [0.1, 0.15) is 5.54 Å². The number of aliphatic carboxylic acids is 1. The van der Waals surface area contributed by atoms with Crippen molar-refractivity contribution in [1.29, 1.82) is 0 Å². The first-order valence-electron chi connectivity index (χ1n) is 7.57. The number of hydrogen-bond donors (Lipinski definition) is 3. The number of nitrogens with zero attached hydrogens (tertiary/aromatic N) is 1. The molecule has 2 fully saturated rings. The Labute approximate surface area is 119 Å². The van der Waals surface area contributed by atoms with Crippen molar-refractivity contribution in [2.24, 2.45) is 0 Å². The zero-order chi connectivity index (χ0) is 14.8. The summed E-state index contributed by atoms with van der Waals surface area (Å²) in [7, 11) is 0. The molecule has 0 aromatic rings. The van der Waals surface area contributed by atoms with Gasteiger partial charge in [0.15, 0.2) is 0 Å². The summed E-state index contributed by atoms with van der Waals surface area (Å²) < 4.78 is 0. The van der Waals surface area contributed by atoms with Gasteiger partial charge in [0, 0.05) is 25.2 Å². The van der Waals surface area contributed by atoms with Crippen molar-refractivity contribution in [2.75, 3.05) is 13.1 Å². The van der Waals surface area contributed by atoms with Crippen molar-refractivity contribution in [3.63, 3.8) is 0 Å². The quantitative estimate of drug-likeness (QED) is 0.683. The molecule has 1 heterocycles. The lowest BCUT2D eigenvalue weighted by Gasteiger charge is -2.29. The number of rotatable bonds is 6. The van der Waals surface area contributed by atoms with Gasteiger partial charge in [-0.05, 0) is 32.1 Å². The highest BCUT2D eigenvalue weighted by molar-refractivity contribution is 5.86. The van der Waals surface area contributed by atoms with Gasteiger partial charge >= 0.3 is 12.0 Å². The van der Waals surface area contributed by atoms with Gasteiger partial charge in [-0.3, -0.25) is 4.90 Å². The minimum absolute atomic E-state index is 0.135. The van der Waals surface area contributed by atoms with Gasteiger partial charge in [-0.15, -0.1) is 0 Å². The predicted octanol–water partition coefficient (Wildman–Crippen LogP) is 1.17. The van der Waals surface area contributed by atoms with Crippen molar-refractivity contribution in [3.8, 4) is 0 Å². The average Bonchev–Trinajstić information content (AvgIpc) is 3.17. The molecule has 2 amide bonds. The number of nitrogens with one attached hydrogen (secondary N) is 2. The molecule has 2 aliphatic rings. The molecule has 1 aliphatic carbocycles. The van der Waals surface area contributed by atoms with E-state index in [2.05, 4.69) is 15.5 Å². The molecule has 3 N–H and O–H groups in total. The summed E-state index contributed by atoms with van der Waals surface area (Å²) in [5, 5.41) is 14.9. The van der Waals surface area contributed by atoms with Crippen LogP contribution < -0.4 is 10.6 Å². The van der Waals surface area contributed by atoms with Gasteiger partial charge in [0.25, 0.3) is 0 Å². The van der Waals surface area contributed by atoms with E-state index in [0.717, 1.165) is 19.5 Å². The molecular formula is C14H25N3O3. The van der Waals surface area contributed by atoms with Crippen molar-refractivity contribution in [3.05, 3.63) is 0 Å². The van der Waals surface area contributed by atoms with Crippen LogP contribution in [0.25, 0.3) is 0 Å². The fourth-order valence-electron chi connectivity index (χ4n) is 2.90. The largest absolute Gasteiger partial charge is 0.480 e. The van der Waals surface area contributed by atoms with Crippen LogP contribution in [0, 0.1) is 0 Å². The van der Waals surface area contributed by atoms with E-state index >= 15 is 0 Å². The SMILES string of the molecule is CCC(CC)(NC(=O)NC1CCN(C2CC2)C1)C(=O)O. The summed E-state index contributed by atoms with van der Waals surface area (Å²) in [5.41, 5.74) is -1.15. The predicted molar refractivity (Wildman–Crippen MR) is 75.6 cm³/mol. The Hall–Kier alpha value is -1.30. The summed E-state index contributed by atoms with van der Waals surface area (Å²) in [5.74, 6) is -0.969. The van der Waals surface area contributed by atoms with E-state index in [1.165, 1.54) is 12.8 Å². The molecule has 1 aliphatic heterocycles. The summed E-state index contributed by atoms with van der Waals surface area (Å²) in [4.78, 5) is 25.8. The molecule has 0 bridgehead atoms. The minimum atomic E-state index is -1.15.